The number of pyridine rings is 1. The zero-order chi connectivity index (χ0) is 25.2. The van der Waals surface area contributed by atoms with Gasteiger partial charge < -0.3 is 5.32 Å². The number of amides is 1. The van der Waals surface area contributed by atoms with Gasteiger partial charge in [-0.1, -0.05) is 36.4 Å². The van der Waals surface area contributed by atoms with Gasteiger partial charge in [0, 0.05) is 35.0 Å². The molecule has 1 amide bonds. The number of rotatable bonds is 6. The highest BCUT2D eigenvalue weighted by Gasteiger charge is 2.15. The first kappa shape index (κ1) is 24.4. The molecule has 0 aliphatic carbocycles. The van der Waals surface area contributed by atoms with E-state index >= 15 is 0 Å². The standard InChI is InChI=1S/C29H28N2O3S/c1-19(2)31-29(32)27(22-10-12-25(13-11-22)35(4,33)34)18-21-7-5-8-23(17-21)26-16-20(3)15-24-9-6-14-30-28(24)26/h5-19H,1-4H3,(H,31,32)/b27-18-. The lowest BCUT2D eigenvalue weighted by Gasteiger charge is -2.13. The van der Waals surface area contributed by atoms with Gasteiger partial charge in [0.1, 0.15) is 0 Å². The lowest BCUT2D eigenvalue weighted by Crippen LogP contribution is -2.30. The van der Waals surface area contributed by atoms with Gasteiger partial charge in [0.25, 0.3) is 5.91 Å². The lowest BCUT2D eigenvalue weighted by atomic mass is 9.96. The Kier molecular flexibility index (Phi) is 6.85. The first-order valence-electron chi connectivity index (χ1n) is 11.4. The molecule has 1 heterocycles. The third-order valence-electron chi connectivity index (χ3n) is 5.62. The van der Waals surface area contributed by atoms with Crippen molar-refractivity contribution in [2.45, 2.75) is 31.7 Å². The molecular formula is C29H28N2O3S. The number of benzene rings is 3. The summed E-state index contributed by atoms with van der Waals surface area (Å²) in [6.45, 7) is 5.87. The first-order chi connectivity index (χ1) is 16.6. The minimum absolute atomic E-state index is 0.0442. The maximum Gasteiger partial charge on any atom is 0.252 e. The second-order valence-corrected chi connectivity index (χ2v) is 11.0. The van der Waals surface area contributed by atoms with Crippen molar-refractivity contribution in [1.82, 2.24) is 10.3 Å². The number of hydrogen-bond donors (Lipinski definition) is 1. The predicted molar refractivity (Wildman–Crippen MR) is 143 cm³/mol. The molecule has 0 unspecified atom stereocenters. The summed E-state index contributed by atoms with van der Waals surface area (Å²) >= 11 is 0. The van der Waals surface area contributed by atoms with E-state index in [1.54, 1.807) is 18.3 Å². The zero-order valence-corrected chi connectivity index (χ0v) is 21.1. The summed E-state index contributed by atoms with van der Waals surface area (Å²) in [5.74, 6) is -0.222. The molecule has 35 heavy (non-hydrogen) atoms. The van der Waals surface area contributed by atoms with Crippen LogP contribution in [-0.2, 0) is 14.6 Å². The van der Waals surface area contributed by atoms with Crippen LogP contribution >= 0.6 is 0 Å². The van der Waals surface area contributed by atoms with Gasteiger partial charge in [-0.05, 0) is 85.5 Å². The fourth-order valence-electron chi connectivity index (χ4n) is 4.03. The van der Waals surface area contributed by atoms with E-state index in [1.165, 1.54) is 18.4 Å². The van der Waals surface area contributed by atoms with Crippen molar-refractivity contribution in [3.8, 4) is 11.1 Å². The quantitative estimate of drug-likeness (QED) is 0.282. The van der Waals surface area contributed by atoms with Crippen LogP contribution in [0.1, 0.15) is 30.5 Å². The van der Waals surface area contributed by atoms with Crippen LogP contribution in [0.5, 0.6) is 0 Å². The summed E-state index contributed by atoms with van der Waals surface area (Å²) in [5.41, 5.74) is 6.06. The van der Waals surface area contributed by atoms with Gasteiger partial charge in [-0.15, -0.1) is 0 Å². The number of carbonyl (C=O) groups excluding carboxylic acids is 1. The summed E-state index contributed by atoms with van der Waals surface area (Å²) < 4.78 is 23.7. The van der Waals surface area contributed by atoms with Crippen molar-refractivity contribution in [3.05, 3.63) is 95.7 Å². The van der Waals surface area contributed by atoms with Gasteiger partial charge in [-0.3, -0.25) is 9.78 Å². The van der Waals surface area contributed by atoms with Crippen molar-refractivity contribution in [3.63, 3.8) is 0 Å². The van der Waals surface area contributed by atoms with Gasteiger partial charge in [0.05, 0.1) is 10.4 Å². The van der Waals surface area contributed by atoms with Gasteiger partial charge in [-0.2, -0.15) is 0 Å². The summed E-state index contributed by atoms with van der Waals surface area (Å²) in [5, 5.41) is 4.02. The highest BCUT2D eigenvalue weighted by molar-refractivity contribution is 7.90. The van der Waals surface area contributed by atoms with Crippen molar-refractivity contribution in [2.24, 2.45) is 0 Å². The highest BCUT2D eigenvalue weighted by Crippen LogP contribution is 2.30. The average Bonchev–Trinajstić information content (AvgIpc) is 2.81. The molecule has 1 aromatic heterocycles. The van der Waals surface area contributed by atoms with E-state index in [1.807, 2.05) is 50.3 Å². The molecule has 5 nitrogen and oxygen atoms in total. The molecule has 0 aliphatic heterocycles. The van der Waals surface area contributed by atoms with Crippen LogP contribution < -0.4 is 5.32 Å². The van der Waals surface area contributed by atoms with Crippen molar-refractivity contribution < 1.29 is 13.2 Å². The Morgan fingerprint density at radius 1 is 0.971 bits per heavy atom. The van der Waals surface area contributed by atoms with Crippen LogP contribution in [0.4, 0.5) is 0 Å². The molecule has 0 radical (unpaired) electrons. The van der Waals surface area contributed by atoms with E-state index < -0.39 is 9.84 Å². The van der Waals surface area contributed by atoms with E-state index in [0.29, 0.717) is 11.1 Å². The van der Waals surface area contributed by atoms with Crippen molar-refractivity contribution in [1.29, 1.82) is 0 Å². The molecule has 0 saturated carbocycles. The van der Waals surface area contributed by atoms with E-state index in [4.69, 9.17) is 0 Å². The number of sulfone groups is 1. The Labute approximate surface area is 206 Å². The molecule has 0 saturated heterocycles. The Balaban J connectivity index is 1.82. The number of hydrogen-bond acceptors (Lipinski definition) is 4. The minimum Gasteiger partial charge on any atom is -0.350 e. The largest absolute Gasteiger partial charge is 0.350 e. The van der Waals surface area contributed by atoms with E-state index in [9.17, 15) is 13.2 Å². The van der Waals surface area contributed by atoms with Crippen LogP contribution in [0.2, 0.25) is 0 Å². The second-order valence-electron chi connectivity index (χ2n) is 9.00. The third kappa shape index (κ3) is 5.66. The van der Waals surface area contributed by atoms with Crippen molar-refractivity contribution >= 4 is 38.3 Å². The molecule has 4 aromatic rings. The first-order valence-corrected chi connectivity index (χ1v) is 13.3. The summed E-state index contributed by atoms with van der Waals surface area (Å²) in [6.07, 6.45) is 4.79. The molecule has 1 N–H and O–H groups in total. The summed E-state index contributed by atoms with van der Waals surface area (Å²) in [6, 6.07) is 22.6. The second kappa shape index (κ2) is 9.84. The topological polar surface area (TPSA) is 76.1 Å². The molecule has 6 heteroatoms. The third-order valence-corrected chi connectivity index (χ3v) is 6.74. The van der Waals surface area contributed by atoms with Gasteiger partial charge in [0.2, 0.25) is 0 Å². The molecule has 0 aliphatic rings. The number of aromatic nitrogens is 1. The predicted octanol–water partition coefficient (Wildman–Crippen LogP) is 5.68. The van der Waals surface area contributed by atoms with Crippen molar-refractivity contribution in [2.75, 3.05) is 6.26 Å². The van der Waals surface area contributed by atoms with Crippen LogP contribution in [-0.4, -0.2) is 31.6 Å². The van der Waals surface area contributed by atoms with Crippen LogP contribution in [0.15, 0.2) is 83.9 Å². The average molecular weight is 485 g/mol. The van der Waals surface area contributed by atoms with E-state index in [-0.39, 0.29) is 16.8 Å². The van der Waals surface area contributed by atoms with E-state index in [0.717, 1.165) is 33.2 Å². The Morgan fingerprint density at radius 3 is 2.40 bits per heavy atom. The fraction of sp³-hybridized carbons (Fsp3) is 0.172. The molecule has 178 valence electrons. The SMILES string of the molecule is Cc1cc(-c2cccc(/C=C(\C(=O)NC(C)C)c3ccc(S(C)(=O)=O)cc3)c2)c2ncccc2c1. The van der Waals surface area contributed by atoms with Gasteiger partial charge in [-0.25, -0.2) is 8.42 Å². The van der Waals surface area contributed by atoms with Gasteiger partial charge >= 0.3 is 0 Å². The molecule has 0 bridgehead atoms. The molecule has 0 atom stereocenters. The maximum absolute atomic E-state index is 13.1. The molecular weight excluding hydrogens is 456 g/mol. The van der Waals surface area contributed by atoms with Crippen LogP contribution in [0.25, 0.3) is 33.7 Å². The smallest absolute Gasteiger partial charge is 0.252 e. The fourth-order valence-corrected chi connectivity index (χ4v) is 4.66. The zero-order valence-electron chi connectivity index (χ0n) is 20.2. The molecule has 4 rings (SSSR count). The summed E-state index contributed by atoms with van der Waals surface area (Å²) in [4.78, 5) is 17.9. The monoisotopic (exact) mass is 484 g/mol. The minimum atomic E-state index is -3.33. The van der Waals surface area contributed by atoms with E-state index in [2.05, 4.69) is 35.4 Å². The number of aryl methyl sites for hydroxylation is 1. The lowest BCUT2D eigenvalue weighted by molar-refractivity contribution is -0.116. The molecule has 0 fully saturated rings. The van der Waals surface area contributed by atoms with Crippen LogP contribution in [0.3, 0.4) is 0 Å². The molecule has 0 spiro atoms. The number of nitrogens with one attached hydrogen (secondary N) is 1. The Morgan fingerprint density at radius 2 is 1.71 bits per heavy atom. The maximum atomic E-state index is 13.1. The Bertz CT molecular complexity index is 1540. The number of fused-ring (bicyclic) bond motifs is 1. The Hall–Kier alpha value is -3.77. The normalized spacial score (nSPS) is 12.2. The number of nitrogens with zero attached hydrogens (tertiary/aromatic N) is 1. The summed E-state index contributed by atoms with van der Waals surface area (Å²) in [7, 11) is -3.33. The molecule has 3 aromatic carbocycles. The highest BCUT2D eigenvalue weighted by atomic mass is 32.2. The van der Waals surface area contributed by atoms with Gasteiger partial charge in [0.15, 0.2) is 9.84 Å². The van der Waals surface area contributed by atoms with Crippen LogP contribution in [0, 0.1) is 6.92 Å². The number of carbonyl (C=O) groups is 1.